The lowest BCUT2D eigenvalue weighted by Gasteiger charge is -2.35. The SMILES string of the molecule is O=C(Cn1ccc(=O)[nH]c1=O)N1C[C@@H]2CC[C@H](C1)N(Cc1ccccn1)C2. The zero-order valence-electron chi connectivity index (χ0n) is 15.1. The Labute approximate surface area is 156 Å². The van der Waals surface area contributed by atoms with Crippen molar-refractivity contribution in [3.63, 3.8) is 0 Å². The molecule has 2 atom stereocenters. The van der Waals surface area contributed by atoms with Gasteiger partial charge in [0.05, 0.1) is 5.69 Å². The first-order valence-electron chi connectivity index (χ1n) is 9.30. The molecule has 1 N–H and O–H groups in total. The predicted octanol–water partition coefficient (Wildman–Crippen LogP) is 0.0546. The van der Waals surface area contributed by atoms with Crippen LogP contribution in [-0.4, -0.2) is 55.9 Å². The van der Waals surface area contributed by atoms with Crippen LogP contribution in [0.5, 0.6) is 0 Å². The quantitative estimate of drug-likeness (QED) is 0.823. The first kappa shape index (κ1) is 17.7. The van der Waals surface area contributed by atoms with E-state index in [1.807, 2.05) is 29.3 Å². The molecule has 8 nitrogen and oxygen atoms in total. The highest BCUT2D eigenvalue weighted by molar-refractivity contribution is 5.76. The Hall–Kier alpha value is -2.74. The number of aromatic amines is 1. The second-order valence-electron chi connectivity index (χ2n) is 7.38. The lowest BCUT2D eigenvalue weighted by atomic mass is 9.95. The van der Waals surface area contributed by atoms with Crippen molar-refractivity contribution in [2.75, 3.05) is 19.6 Å². The van der Waals surface area contributed by atoms with Crippen LogP contribution in [-0.2, 0) is 17.9 Å². The van der Waals surface area contributed by atoms with Gasteiger partial charge in [-0.15, -0.1) is 0 Å². The Kier molecular flexibility index (Phi) is 4.89. The van der Waals surface area contributed by atoms with Crippen molar-refractivity contribution in [3.05, 3.63) is 63.2 Å². The number of hydrogen-bond acceptors (Lipinski definition) is 5. The minimum Gasteiger partial charge on any atom is -0.339 e. The summed E-state index contributed by atoms with van der Waals surface area (Å²) in [5, 5.41) is 0. The summed E-state index contributed by atoms with van der Waals surface area (Å²) in [7, 11) is 0. The number of aromatic nitrogens is 3. The Morgan fingerprint density at radius 2 is 2.04 bits per heavy atom. The third-order valence-corrected chi connectivity index (χ3v) is 5.47. The smallest absolute Gasteiger partial charge is 0.328 e. The van der Waals surface area contributed by atoms with Gasteiger partial charge < -0.3 is 4.90 Å². The predicted molar refractivity (Wildman–Crippen MR) is 99.1 cm³/mol. The number of carbonyl (C=O) groups excluding carboxylic acids is 1. The number of fused-ring (bicyclic) bond motifs is 4. The normalized spacial score (nSPS) is 22.6. The van der Waals surface area contributed by atoms with Crippen molar-refractivity contribution in [1.29, 1.82) is 0 Å². The van der Waals surface area contributed by atoms with E-state index >= 15 is 0 Å². The molecule has 27 heavy (non-hydrogen) atoms. The van der Waals surface area contributed by atoms with Gasteiger partial charge in [-0.25, -0.2) is 4.79 Å². The minimum absolute atomic E-state index is 0.0463. The van der Waals surface area contributed by atoms with Crippen molar-refractivity contribution in [1.82, 2.24) is 24.3 Å². The molecule has 8 heteroatoms. The Bertz CT molecular complexity index is 923. The van der Waals surface area contributed by atoms with E-state index in [1.54, 1.807) is 0 Å². The molecule has 0 unspecified atom stereocenters. The van der Waals surface area contributed by atoms with Crippen molar-refractivity contribution in [2.24, 2.45) is 5.92 Å². The Morgan fingerprint density at radius 1 is 1.15 bits per heavy atom. The molecule has 0 saturated carbocycles. The van der Waals surface area contributed by atoms with Crippen molar-refractivity contribution in [2.45, 2.75) is 32.0 Å². The summed E-state index contributed by atoms with van der Waals surface area (Å²) in [4.78, 5) is 46.7. The number of hydrogen-bond donors (Lipinski definition) is 1. The standard InChI is InChI=1S/C19H23N5O3/c25-17-6-8-22(19(27)21-17)13-18(26)24-10-14-4-5-16(12-24)23(9-14)11-15-3-1-2-7-20-15/h1-3,6-8,14,16H,4-5,9-13H2,(H,21,25,27)/t14-,16-/m1/s1. The molecule has 0 radical (unpaired) electrons. The monoisotopic (exact) mass is 369 g/mol. The summed E-state index contributed by atoms with van der Waals surface area (Å²) >= 11 is 0. The average molecular weight is 369 g/mol. The molecular weight excluding hydrogens is 346 g/mol. The van der Waals surface area contributed by atoms with Crippen LogP contribution in [0.25, 0.3) is 0 Å². The van der Waals surface area contributed by atoms with E-state index in [9.17, 15) is 14.4 Å². The number of piperidine rings is 1. The van der Waals surface area contributed by atoms with Gasteiger partial charge in [-0.05, 0) is 30.9 Å². The number of amides is 1. The fourth-order valence-electron chi connectivity index (χ4n) is 4.09. The average Bonchev–Trinajstić information content (AvgIpc) is 2.97. The molecule has 2 aromatic rings. The van der Waals surface area contributed by atoms with E-state index in [0.29, 0.717) is 25.0 Å². The largest absolute Gasteiger partial charge is 0.339 e. The first-order valence-corrected chi connectivity index (χ1v) is 9.30. The van der Waals surface area contributed by atoms with Gasteiger partial charge in [0.2, 0.25) is 5.91 Å². The number of H-pyrrole nitrogens is 1. The van der Waals surface area contributed by atoms with E-state index in [-0.39, 0.29) is 12.5 Å². The van der Waals surface area contributed by atoms with Crippen LogP contribution in [0.15, 0.2) is 46.2 Å². The number of nitrogens with zero attached hydrogens (tertiary/aromatic N) is 4. The highest BCUT2D eigenvalue weighted by atomic mass is 16.2. The van der Waals surface area contributed by atoms with Gasteiger partial charge in [-0.1, -0.05) is 6.07 Å². The molecule has 5 rings (SSSR count). The van der Waals surface area contributed by atoms with Crippen LogP contribution < -0.4 is 11.2 Å². The van der Waals surface area contributed by atoms with Crippen LogP contribution >= 0.6 is 0 Å². The Balaban J connectivity index is 1.45. The van der Waals surface area contributed by atoms with E-state index in [4.69, 9.17) is 0 Å². The fourth-order valence-corrected chi connectivity index (χ4v) is 4.09. The van der Waals surface area contributed by atoms with Crippen LogP contribution in [0.3, 0.4) is 0 Å². The van der Waals surface area contributed by atoms with Gasteiger partial charge in [0.1, 0.15) is 6.54 Å². The zero-order valence-corrected chi connectivity index (χ0v) is 15.1. The highest BCUT2D eigenvalue weighted by Gasteiger charge is 2.36. The molecule has 3 aliphatic heterocycles. The maximum absolute atomic E-state index is 12.8. The van der Waals surface area contributed by atoms with E-state index in [2.05, 4.69) is 14.9 Å². The molecule has 3 aliphatic rings. The number of carbonyl (C=O) groups is 1. The first-order chi connectivity index (χ1) is 13.1. The van der Waals surface area contributed by atoms with Crippen molar-refractivity contribution >= 4 is 5.91 Å². The lowest BCUT2D eigenvalue weighted by Crippen LogP contribution is -2.44. The van der Waals surface area contributed by atoms with Crippen molar-refractivity contribution in [3.8, 4) is 0 Å². The minimum atomic E-state index is -0.551. The molecule has 0 aliphatic carbocycles. The topological polar surface area (TPSA) is 91.3 Å². The third kappa shape index (κ3) is 4.00. The molecule has 3 saturated heterocycles. The lowest BCUT2D eigenvalue weighted by molar-refractivity contribution is -0.132. The summed E-state index contributed by atoms with van der Waals surface area (Å²) < 4.78 is 1.25. The summed E-state index contributed by atoms with van der Waals surface area (Å²) in [5.41, 5.74) is 0.0369. The van der Waals surface area contributed by atoms with Crippen LogP contribution in [0.4, 0.5) is 0 Å². The Morgan fingerprint density at radius 3 is 2.81 bits per heavy atom. The van der Waals surface area contributed by atoms with E-state index in [1.165, 1.54) is 16.8 Å². The van der Waals surface area contributed by atoms with Gasteiger partial charge in [-0.2, -0.15) is 0 Å². The van der Waals surface area contributed by atoms with Crippen molar-refractivity contribution < 1.29 is 4.79 Å². The molecule has 0 spiro atoms. The third-order valence-electron chi connectivity index (χ3n) is 5.47. The maximum atomic E-state index is 12.8. The molecule has 5 heterocycles. The summed E-state index contributed by atoms with van der Waals surface area (Å²) in [6, 6.07) is 7.51. The number of nitrogens with one attached hydrogen (secondary N) is 1. The molecule has 2 bridgehead atoms. The summed E-state index contributed by atoms with van der Waals surface area (Å²) in [6.45, 7) is 3.09. The molecule has 3 fully saturated rings. The second-order valence-corrected chi connectivity index (χ2v) is 7.38. The highest BCUT2D eigenvalue weighted by Crippen LogP contribution is 2.29. The van der Waals surface area contributed by atoms with E-state index in [0.717, 1.165) is 31.6 Å². The van der Waals surface area contributed by atoms with Crippen LogP contribution in [0, 0.1) is 5.92 Å². The molecule has 1 amide bonds. The van der Waals surface area contributed by atoms with Gasteiger partial charge in [0.25, 0.3) is 5.56 Å². The zero-order chi connectivity index (χ0) is 18.8. The molecule has 142 valence electrons. The second kappa shape index (κ2) is 7.48. The molecular formula is C19H23N5O3. The van der Waals surface area contributed by atoms with E-state index < -0.39 is 11.2 Å². The van der Waals surface area contributed by atoms with Gasteiger partial charge in [0.15, 0.2) is 0 Å². The van der Waals surface area contributed by atoms with Gasteiger partial charge in [-0.3, -0.25) is 29.0 Å². The maximum Gasteiger partial charge on any atom is 0.328 e. The summed E-state index contributed by atoms with van der Waals surface area (Å²) in [6.07, 6.45) is 5.37. The van der Waals surface area contributed by atoms with Crippen LogP contribution in [0.2, 0.25) is 0 Å². The molecule has 2 aromatic heterocycles. The number of pyridine rings is 1. The fraction of sp³-hybridized carbons (Fsp3) is 0.474. The summed E-state index contributed by atoms with van der Waals surface area (Å²) in [5.74, 6) is 0.351. The molecule has 0 aromatic carbocycles. The van der Waals surface area contributed by atoms with Gasteiger partial charge >= 0.3 is 5.69 Å². The van der Waals surface area contributed by atoms with Gasteiger partial charge in [0, 0.05) is 50.7 Å². The van der Waals surface area contributed by atoms with Crippen LogP contribution in [0.1, 0.15) is 18.5 Å². The number of rotatable bonds is 4.